The van der Waals surface area contributed by atoms with E-state index in [1.807, 2.05) is 48.5 Å². The molecule has 0 radical (unpaired) electrons. The summed E-state index contributed by atoms with van der Waals surface area (Å²) >= 11 is 0. The molecule has 2 N–H and O–H groups in total. The Morgan fingerprint density at radius 2 is 1.60 bits per heavy atom. The molecule has 0 aliphatic rings. The number of anilines is 2. The number of rotatable bonds is 5. The van der Waals surface area contributed by atoms with E-state index in [-0.39, 0.29) is 17.5 Å². The monoisotopic (exact) mass is 334 g/mol. The Kier molecular flexibility index (Phi) is 4.89. The zero-order valence-electron chi connectivity index (χ0n) is 13.8. The molecule has 3 rings (SSSR count). The topological polar surface area (TPSA) is 76.0 Å². The van der Waals surface area contributed by atoms with E-state index in [0.717, 1.165) is 5.69 Å². The largest absolute Gasteiger partial charge is 0.321 e. The Hall–Kier alpha value is -3.41. The third kappa shape index (κ3) is 3.92. The molecule has 0 aliphatic carbocycles. The van der Waals surface area contributed by atoms with E-state index in [2.05, 4.69) is 15.7 Å². The van der Waals surface area contributed by atoms with Crippen molar-refractivity contribution in [3.05, 3.63) is 72.4 Å². The van der Waals surface area contributed by atoms with Crippen LogP contribution in [0, 0.1) is 0 Å². The van der Waals surface area contributed by atoms with Crippen LogP contribution in [0.5, 0.6) is 0 Å². The average molecular weight is 334 g/mol. The van der Waals surface area contributed by atoms with Gasteiger partial charge in [0.2, 0.25) is 5.91 Å². The summed E-state index contributed by atoms with van der Waals surface area (Å²) in [7, 11) is 0. The highest BCUT2D eigenvalue weighted by atomic mass is 16.2. The second-order valence-corrected chi connectivity index (χ2v) is 5.38. The van der Waals surface area contributed by atoms with Crippen molar-refractivity contribution in [2.75, 3.05) is 10.6 Å². The summed E-state index contributed by atoms with van der Waals surface area (Å²) in [6, 6.07) is 20.0. The van der Waals surface area contributed by atoms with Gasteiger partial charge in [-0.2, -0.15) is 5.10 Å². The quantitative estimate of drug-likeness (QED) is 0.750. The molecule has 2 amide bonds. The van der Waals surface area contributed by atoms with Crippen molar-refractivity contribution in [1.82, 2.24) is 9.78 Å². The first-order valence-electron chi connectivity index (χ1n) is 7.99. The first-order chi connectivity index (χ1) is 12.2. The van der Waals surface area contributed by atoms with E-state index in [0.29, 0.717) is 17.9 Å². The van der Waals surface area contributed by atoms with Crippen LogP contribution >= 0.6 is 0 Å². The van der Waals surface area contributed by atoms with Gasteiger partial charge in [0.25, 0.3) is 5.91 Å². The Balaban J connectivity index is 1.92. The molecule has 1 heterocycles. The maximum absolute atomic E-state index is 12.5. The minimum atomic E-state index is -0.340. The van der Waals surface area contributed by atoms with Crippen molar-refractivity contribution in [3.8, 4) is 5.69 Å². The Morgan fingerprint density at radius 3 is 2.24 bits per heavy atom. The first-order valence-corrected chi connectivity index (χ1v) is 7.99. The highest BCUT2D eigenvalue weighted by Crippen LogP contribution is 2.18. The standard InChI is InChI=1S/C19H18N4O2/c1-2-18(24)21-17-13-16(19(25)20-14-9-5-3-6-10-14)22-23(17)15-11-7-4-8-12-15/h3-13H,2H2,1H3,(H,20,25)(H,21,24). The number of aromatic nitrogens is 2. The van der Waals surface area contributed by atoms with E-state index in [9.17, 15) is 9.59 Å². The number of hydrogen-bond donors (Lipinski definition) is 2. The van der Waals surface area contributed by atoms with Crippen LogP contribution in [0.25, 0.3) is 5.69 Å². The Labute approximate surface area is 145 Å². The Morgan fingerprint density at radius 1 is 0.960 bits per heavy atom. The van der Waals surface area contributed by atoms with Gasteiger partial charge in [-0.15, -0.1) is 0 Å². The number of nitrogens with one attached hydrogen (secondary N) is 2. The molecule has 0 fully saturated rings. The molecule has 0 saturated heterocycles. The Bertz CT molecular complexity index is 873. The van der Waals surface area contributed by atoms with Gasteiger partial charge in [-0.1, -0.05) is 43.3 Å². The van der Waals surface area contributed by atoms with Crippen molar-refractivity contribution in [2.45, 2.75) is 13.3 Å². The molecular formula is C19H18N4O2. The first kappa shape index (κ1) is 16.4. The van der Waals surface area contributed by atoms with E-state index in [1.165, 1.54) is 0 Å². The summed E-state index contributed by atoms with van der Waals surface area (Å²) in [4.78, 5) is 24.2. The molecule has 25 heavy (non-hydrogen) atoms. The summed E-state index contributed by atoms with van der Waals surface area (Å²) in [6.45, 7) is 1.77. The van der Waals surface area contributed by atoms with Crippen molar-refractivity contribution in [1.29, 1.82) is 0 Å². The minimum Gasteiger partial charge on any atom is -0.321 e. The smallest absolute Gasteiger partial charge is 0.276 e. The van der Waals surface area contributed by atoms with E-state index in [4.69, 9.17) is 0 Å². The van der Waals surface area contributed by atoms with Crippen LogP contribution in [0.2, 0.25) is 0 Å². The lowest BCUT2D eigenvalue weighted by molar-refractivity contribution is -0.115. The molecule has 0 atom stereocenters. The molecule has 0 saturated carbocycles. The second kappa shape index (κ2) is 7.44. The minimum absolute atomic E-state index is 0.146. The predicted molar refractivity (Wildman–Crippen MR) is 96.9 cm³/mol. The number of carbonyl (C=O) groups excluding carboxylic acids is 2. The average Bonchev–Trinajstić information content (AvgIpc) is 3.07. The van der Waals surface area contributed by atoms with Crippen molar-refractivity contribution >= 4 is 23.3 Å². The van der Waals surface area contributed by atoms with E-state index in [1.54, 1.807) is 29.8 Å². The molecular weight excluding hydrogens is 316 g/mol. The molecule has 3 aromatic rings. The fourth-order valence-corrected chi connectivity index (χ4v) is 2.29. The third-order valence-corrected chi connectivity index (χ3v) is 3.56. The number of hydrogen-bond acceptors (Lipinski definition) is 3. The van der Waals surface area contributed by atoms with Gasteiger partial charge in [0, 0.05) is 18.2 Å². The molecule has 6 heteroatoms. The summed E-state index contributed by atoms with van der Waals surface area (Å²) in [5.41, 5.74) is 1.66. The fourth-order valence-electron chi connectivity index (χ4n) is 2.29. The van der Waals surface area contributed by atoms with Gasteiger partial charge in [0.05, 0.1) is 5.69 Å². The van der Waals surface area contributed by atoms with Gasteiger partial charge in [0.1, 0.15) is 5.82 Å². The van der Waals surface area contributed by atoms with Crippen LogP contribution in [0.1, 0.15) is 23.8 Å². The predicted octanol–water partition coefficient (Wildman–Crippen LogP) is 3.47. The summed E-state index contributed by atoms with van der Waals surface area (Å²) in [5, 5.41) is 9.92. The molecule has 0 aliphatic heterocycles. The van der Waals surface area contributed by atoms with Crippen LogP contribution < -0.4 is 10.6 Å². The van der Waals surface area contributed by atoms with Gasteiger partial charge in [-0.3, -0.25) is 9.59 Å². The number of amides is 2. The maximum atomic E-state index is 12.5. The fraction of sp³-hybridized carbons (Fsp3) is 0.105. The lowest BCUT2D eigenvalue weighted by atomic mass is 10.3. The lowest BCUT2D eigenvalue weighted by Gasteiger charge is -2.07. The van der Waals surface area contributed by atoms with Gasteiger partial charge < -0.3 is 10.6 Å². The van der Waals surface area contributed by atoms with Crippen LogP contribution in [0.15, 0.2) is 66.7 Å². The van der Waals surface area contributed by atoms with Gasteiger partial charge in [-0.25, -0.2) is 4.68 Å². The molecule has 2 aromatic carbocycles. The number of nitrogens with zero attached hydrogens (tertiary/aromatic N) is 2. The zero-order chi connectivity index (χ0) is 17.6. The van der Waals surface area contributed by atoms with Gasteiger partial charge >= 0.3 is 0 Å². The molecule has 6 nitrogen and oxygen atoms in total. The molecule has 0 bridgehead atoms. The van der Waals surface area contributed by atoms with Crippen LogP contribution in [-0.2, 0) is 4.79 Å². The van der Waals surface area contributed by atoms with Gasteiger partial charge in [-0.05, 0) is 24.3 Å². The second-order valence-electron chi connectivity index (χ2n) is 5.38. The van der Waals surface area contributed by atoms with Gasteiger partial charge in [0.15, 0.2) is 5.69 Å². The SMILES string of the molecule is CCC(=O)Nc1cc(C(=O)Nc2ccccc2)nn1-c1ccccc1. The number of carbonyl (C=O) groups is 2. The van der Waals surface area contributed by atoms with Crippen LogP contribution in [-0.4, -0.2) is 21.6 Å². The van der Waals surface area contributed by atoms with E-state index >= 15 is 0 Å². The maximum Gasteiger partial charge on any atom is 0.276 e. The lowest BCUT2D eigenvalue weighted by Crippen LogP contribution is -2.14. The summed E-state index contributed by atoms with van der Waals surface area (Å²) in [5.74, 6) is -0.0313. The zero-order valence-corrected chi connectivity index (χ0v) is 13.8. The normalized spacial score (nSPS) is 10.3. The van der Waals surface area contributed by atoms with Crippen LogP contribution in [0.3, 0.4) is 0 Å². The van der Waals surface area contributed by atoms with Crippen LogP contribution in [0.4, 0.5) is 11.5 Å². The van der Waals surface area contributed by atoms with E-state index < -0.39 is 0 Å². The molecule has 1 aromatic heterocycles. The molecule has 126 valence electrons. The van der Waals surface area contributed by atoms with Crippen molar-refractivity contribution in [3.63, 3.8) is 0 Å². The number of para-hydroxylation sites is 2. The van der Waals surface area contributed by atoms with Crippen molar-refractivity contribution in [2.24, 2.45) is 0 Å². The summed E-state index contributed by atoms with van der Waals surface area (Å²) in [6.07, 6.45) is 0.339. The number of benzene rings is 2. The molecule has 0 unspecified atom stereocenters. The summed E-state index contributed by atoms with van der Waals surface area (Å²) < 4.78 is 1.55. The highest BCUT2D eigenvalue weighted by Gasteiger charge is 2.16. The molecule has 0 spiro atoms. The third-order valence-electron chi connectivity index (χ3n) is 3.56. The van der Waals surface area contributed by atoms with Crippen molar-refractivity contribution < 1.29 is 9.59 Å². The highest BCUT2D eigenvalue weighted by molar-refractivity contribution is 6.04.